The Hall–Kier alpha value is -3.12. The summed E-state index contributed by atoms with van der Waals surface area (Å²) < 4.78 is 11.7. The summed E-state index contributed by atoms with van der Waals surface area (Å²) in [4.78, 5) is 39.0. The van der Waals surface area contributed by atoms with Crippen molar-refractivity contribution in [1.29, 1.82) is 0 Å². The summed E-state index contributed by atoms with van der Waals surface area (Å²) >= 11 is 5.97. The molecule has 31 heavy (non-hydrogen) atoms. The third kappa shape index (κ3) is 4.80. The standard InChI is InChI=1S/C24H24ClNO5/c1-14-6-11-17-18(13-20(27)30-5)21(22(28)15-7-9-16(25)10-8-15)26(19(17)12-14)23(29)31-24(2,3)4/h6-12H,13H2,1-5H3. The van der Waals surface area contributed by atoms with Crippen molar-refractivity contribution in [2.24, 2.45) is 0 Å². The molecule has 7 heteroatoms. The fourth-order valence-electron chi connectivity index (χ4n) is 3.33. The van der Waals surface area contributed by atoms with E-state index in [0.29, 0.717) is 27.1 Å². The molecular weight excluding hydrogens is 418 g/mol. The van der Waals surface area contributed by atoms with E-state index < -0.39 is 23.4 Å². The molecule has 0 N–H and O–H groups in total. The molecule has 0 atom stereocenters. The van der Waals surface area contributed by atoms with Crippen LogP contribution < -0.4 is 0 Å². The van der Waals surface area contributed by atoms with Crippen molar-refractivity contribution in [2.45, 2.75) is 39.7 Å². The number of benzene rings is 2. The van der Waals surface area contributed by atoms with E-state index in [-0.39, 0.29) is 12.1 Å². The molecule has 2 aromatic carbocycles. The van der Waals surface area contributed by atoms with Gasteiger partial charge in [0, 0.05) is 21.5 Å². The Morgan fingerprint density at radius 1 is 1.03 bits per heavy atom. The molecule has 3 rings (SSSR count). The first-order chi connectivity index (χ1) is 14.5. The highest BCUT2D eigenvalue weighted by molar-refractivity contribution is 6.30. The van der Waals surface area contributed by atoms with Crippen molar-refractivity contribution in [1.82, 2.24) is 4.57 Å². The summed E-state index contributed by atoms with van der Waals surface area (Å²) in [5.41, 5.74) is 1.42. The largest absolute Gasteiger partial charge is 0.469 e. The number of hydrogen-bond acceptors (Lipinski definition) is 5. The summed E-state index contributed by atoms with van der Waals surface area (Å²) in [6, 6.07) is 11.8. The molecule has 0 aliphatic carbocycles. The molecule has 0 aliphatic heterocycles. The Morgan fingerprint density at radius 3 is 2.26 bits per heavy atom. The number of ketones is 1. The average molecular weight is 442 g/mol. The van der Waals surface area contributed by atoms with Gasteiger partial charge in [-0.25, -0.2) is 9.36 Å². The zero-order chi connectivity index (χ0) is 22.9. The lowest BCUT2D eigenvalue weighted by Crippen LogP contribution is -2.29. The first kappa shape index (κ1) is 22.6. The number of ether oxygens (including phenoxy) is 2. The molecule has 3 aromatic rings. The molecule has 0 amide bonds. The Bertz CT molecular complexity index is 1170. The van der Waals surface area contributed by atoms with E-state index in [9.17, 15) is 14.4 Å². The van der Waals surface area contributed by atoms with E-state index in [0.717, 1.165) is 5.56 Å². The van der Waals surface area contributed by atoms with Gasteiger partial charge >= 0.3 is 12.1 Å². The summed E-state index contributed by atoms with van der Waals surface area (Å²) in [6.45, 7) is 7.13. The smallest absolute Gasteiger partial charge is 0.419 e. The molecule has 1 aromatic heterocycles. The number of aryl methyl sites for hydroxylation is 1. The van der Waals surface area contributed by atoms with Crippen molar-refractivity contribution in [3.05, 3.63) is 69.9 Å². The minimum atomic E-state index is -0.777. The van der Waals surface area contributed by atoms with Gasteiger partial charge in [-0.2, -0.15) is 0 Å². The maximum Gasteiger partial charge on any atom is 0.419 e. The zero-order valence-corrected chi connectivity index (χ0v) is 18.9. The van der Waals surface area contributed by atoms with Gasteiger partial charge in [-0.05, 0) is 63.6 Å². The SMILES string of the molecule is COC(=O)Cc1c(C(=O)c2ccc(Cl)cc2)n(C(=O)OC(C)(C)C)c2cc(C)ccc12. The quantitative estimate of drug-likeness (QED) is 0.404. The fourth-order valence-corrected chi connectivity index (χ4v) is 3.46. The van der Waals surface area contributed by atoms with Gasteiger partial charge in [0.05, 0.1) is 19.0 Å². The second-order valence-electron chi connectivity index (χ2n) is 8.25. The first-order valence-corrected chi connectivity index (χ1v) is 10.1. The van der Waals surface area contributed by atoms with Crippen LogP contribution in [0.1, 0.15) is 48.0 Å². The Balaban J connectivity index is 2.34. The van der Waals surface area contributed by atoms with E-state index in [4.69, 9.17) is 21.1 Å². The number of aromatic nitrogens is 1. The van der Waals surface area contributed by atoms with Gasteiger partial charge in [-0.1, -0.05) is 23.7 Å². The number of halogens is 1. The minimum Gasteiger partial charge on any atom is -0.469 e. The van der Waals surface area contributed by atoms with Gasteiger partial charge in [-0.15, -0.1) is 0 Å². The monoisotopic (exact) mass is 441 g/mol. The topological polar surface area (TPSA) is 74.6 Å². The Morgan fingerprint density at radius 2 is 1.68 bits per heavy atom. The van der Waals surface area contributed by atoms with Crippen LogP contribution in [0, 0.1) is 6.92 Å². The van der Waals surface area contributed by atoms with Crippen molar-refractivity contribution in [2.75, 3.05) is 7.11 Å². The molecule has 0 unspecified atom stereocenters. The van der Waals surface area contributed by atoms with Crippen LogP contribution >= 0.6 is 11.6 Å². The maximum absolute atomic E-state index is 13.6. The normalized spacial score (nSPS) is 11.4. The fraction of sp³-hybridized carbons (Fsp3) is 0.292. The van der Waals surface area contributed by atoms with Crippen LogP contribution in [0.15, 0.2) is 42.5 Å². The lowest BCUT2D eigenvalue weighted by atomic mass is 10.0. The summed E-state index contributed by atoms with van der Waals surface area (Å²) in [7, 11) is 1.28. The summed E-state index contributed by atoms with van der Waals surface area (Å²) in [5, 5.41) is 1.09. The Labute approximate surface area is 185 Å². The van der Waals surface area contributed by atoms with E-state index in [1.165, 1.54) is 11.7 Å². The predicted molar refractivity (Wildman–Crippen MR) is 119 cm³/mol. The van der Waals surface area contributed by atoms with Crippen LogP contribution in [0.25, 0.3) is 10.9 Å². The first-order valence-electron chi connectivity index (χ1n) is 9.76. The van der Waals surface area contributed by atoms with E-state index in [1.54, 1.807) is 57.2 Å². The maximum atomic E-state index is 13.6. The number of nitrogens with zero attached hydrogens (tertiary/aromatic N) is 1. The van der Waals surface area contributed by atoms with Crippen LogP contribution in [-0.4, -0.2) is 35.1 Å². The van der Waals surface area contributed by atoms with Gasteiger partial charge in [0.2, 0.25) is 5.78 Å². The molecule has 0 radical (unpaired) electrons. The van der Waals surface area contributed by atoms with Gasteiger partial charge in [0.1, 0.15) is 11.3 Å². The third-order valence-electron chi connectivity index (χ3n) is 4.68. The van der Waals surface area contributed by atoms with E-state index in [1.807, 2.05) is 13.0 Å². The second-order valence-corrected chi connectivity index (χ2v) is 8.69. The molecule has 6 nitrogen and oxygen atoms in total. The van der Waals surface area contributed by atoms with Crippen LogP contribution in [0.3, 0.4) is 0 Å². The summed E-state index contributed by atoms with van der Waals surface area (Å²) in [6.07, 6.45) is -0.864. The van der Waals surface area contributed by atoms with Crippen molar-refractivity contribution in [3.8, 4) is 0 Å². The molecule has 0 fully saturated rings. The molecule has 0 spiro atoms. The highest BCUT2D eigenvalue weighted by Gasteiger charge is 2.30. The average Bonchev–Trinajstić information content (AvgIpc) is 2.99. The van der Waals surface area contributed by atoms with Crippen LogP contribution in [0.4, 0.5) is 4.79 Å². The predicted octanol–water partition coefficient (Wildman–Crippen LogP) is 5.33. The zero-order valence-electron chi connectivity index (χ0n) is 18.1. The molecule has 162 valence electrons. The number of carbonyl (C=O) groups is 3. The highest BCUT2D eigenvalue weighted by atomic mass is 35.5. The molecule has 0 saturated heterocycles. The highest BCUT2D eigenvalue weighted by Crippen LogP contribution is 2.31. The van der Waals surface area contributed by atoms with Gasteiger partial charge in [-0.3, -0.25) is 9.59 Å². The van der Waals surface area contributed by atoms with Crippen LogP contribution in [0.5, 0.6) is 0 Å². The summed E-state index contributed by atoms with van der Waals surface area (Å²) in [5.74, 6) is -0.941. The van der Waals surface area contributed by atoms with Gasteiger partial charge < -0.3 is 9.47 Å². The number of hydrogen-bond donors (Lipinski definition) is 0. The molecule has 1 heterocycles. The number of carbonyl (C=O) groups excluding carboxylic acids is 3. The van der Waals surface area contributed by atoms with Gasteiger partial charge in [0.15, 0.2) is 0 Å². The lowest BCUT2D eigenvalue weighted by molar-refractivity contribution is -0.139. The van der Waals surface area contributed by atoms with Crippen molar-refractivity contribution in [3.63, 3.8) is 0 Å². The molecule has 0 bridgehead atoms. The Kier molecular flexibility index (Phi) is 6.23. The van der Waals surface area contributed by atoms with Crippen LogP contribution in [-0.2, 0) is 20.7 Å². The second kappa shape index (κ2) is 8.55. The number of rotatable bonds is 4. The van der Waals surface area contributed by atoms with Crippen LogP contribution in [0.2, 0.25) is 5.02 Å². The molecule has 0 saturated carbocycles. The third-order valence-corrected chi connectivity index (χ3v) is 4.93. The van der Waals surface area contributed by atoms with E-state index in [2.05, 4.69) is 0 Å². The van der Waals surface area contributed by atoms with Crippen molar-refractivity contribution < 1.29 is 23.9 Å². The van der Waals surface area contributed by atoms with Crippen molar-refractivity contribution >= 4 is 40.3 Å². The minimum absolute atomic E-state index is 0.0718. The molecular formula is C24H24ClNO5. The number of methoxy groups -OCH3 is 1. The number of fused-ring (bicyclic) bond motifs is 1. The number of esters is 1. The van der Waals surface area contributed by atoms with E-state index >= 15 is 0 Å². The van der Waals surface area contributed by atoms with Gasteiger partial charge in [0.25, 0.3) is 0 Å². The molecule has 0 aliphatic rings. The lowest BCUT2D eigenvalue weighted by Gasteiger charge is -2.21.